The van der Waals surface area contributed by atoms with Crippen LogP contribution in [-0.2, 0) is 0 Å². The molecule has 12 aromatic rings. The average Bonchev–Trinajstić information content (AvgIpc) is 3.66. The molecule has 2 heterocycles. The molecule has 0 aliphatic rings. The lowest BCUT2D eigenvalue weighted by molar-refractivity contribution is 0.673. The highest BCUT2D eigenvalue weighted by molar-refractivity contribution is 6.33. The van der Waals surface area contributed by atoms with E-state index in [1.807, 2.05) is 0 Å². The van der Waals surface area contributed by atoms with E-state index in [9.17, 15) is 0 Å². The molecule has 2 aromatic heterocycles. The number of nitrogens with zero attached hydrogens (tertiary/aromatic N) is 2. The van der Waals surface area contributed by atoms with Gasteiger partial charge in [-0.15, -0.1) is 0 Å². The summed E-state index contributed by atoms with van der Waals surface area (Å²) in [6, 6.07) is 68.9. The molecule has 10 aromatic carbocycles. The zero-order valence-electron chi connectivity index (χ0n) is 30.8. The van der Waals surface area contributed by atoms with Crippen LogP contribution >= 0.6 is 0 Å². The lowest BCUT2D eigenvalue weighted by atomic mass is 9.91. The van der Waals surface area contributed by atoms with Gasteiger partial charge in [0.2, 0.25) is 0 Å². The van der Waals surface area contributed by atoms with Crippen LogP contribution in [0.4, 0.5) is 0 Å². The van der Waals surface area contributed by atoms with Crippen molar-refractivity contribution >= 4 is 75.8 Å². The third kappa shape index (κ3) is 4.86. The standard InChI is InChI=1S/C54H32N2O/c1-2-15-33(16-3-1)37-21-8-13-27-45(37)54-55-47(42-28-14-19-34-17-4-6-20-36(34)42)32-48(56-54)51-38-22-7-5-18-35(38)31-49-52(51)46-30-29-44-41-25-10-9-23-39(41)40-24-11-12-26-43(40)50(44)53(46)57-49/h1-32H. The molecule has 0 saturated carbocycles. The Morgan fingerprint density at radius 3 is 1.67 bits per heavy atom. The Hall–Kier alpha value is -7.62. The molecule has 0 unspecified atom stereocenters. The van der Waals surface area contributed by atoms with Gasteiger partial charge in [-0.05, 0) is 77.8 Å². The fraction of sp³-hybridized carbons (Fsp3) is 0. The number of aromatic nitrogens is 2. The van der Waals surface area contributed by atoms with E-state index in [0.717, 1.165) is 82.7 Å². The molecule has 0 fully saturated rings. The Balaban J connectivity index is 1.23. The lowest BCUT2D eigenvalue weighted by Crippen LogP contribution is -1.98. The highest BCUT2D eigenvalue weighted by Crippen LogP contribution is 2.47. The van der Waals surface area contributed by atoms with Gasteiger partial charge < -0.3 is 4.42 Å². The van der Waals surface area contributed by atoms with Gasteiger partial charge in [-0.2, -0.15) is 0 Å². The minimum atomic E-state index is 0.673. The Morgan fingerprint density at radius 1 is 0.333 bits per heavy atom. The zero-order valence-corrected chi connectivity index (χ0v) is 30.8. The van der Waals surface area contributed by atoms with Gasteiger partial charge in [-0.25, -0.2) is 9.97 Å². The highest BCUT2D eigenvalue weighted by atomic mass is 16.3. The van der Waals surface area contributed by atoms with Crippen LogP contribution in [0.25, 0.3) is 121 Å². The van der Waals surface area contributed by atoms with E-state index in [1.165, 1.54) is 32.3 Å². The van der Waals surface area contributed by atoms with Crippen LogP contribution in [0.15, 0.2) is 199 Å². The number of furan rings is 1. The molecule has 0 N–H and O–H groups in total. The van der Waals surface area contributed by atoms with E-state index in [2.05, 4.69) is 194 Å². The van der Waals surface area contributed by atoms with Crippen molar-refractivity contribution in [3.63, 3.8) is 0 Å². The molecule has 3 heteroatoms. The third-order valence-electron chi connectivity index (χ3n) is 11.7. The summed E-state index contributed by atoms with van der Waals surface area (Å²) < 4.78 is 7.11. The molecule has 0 aliphatic heterocycles. The van der Waals surface area contributed by atoms with E-state index >= 15 is 0 Å². The minimum Gasteiger partial charge on any atom is -0.455 e. The first-order chi connectivity index (χ1) is 28.3. The van der Waals surface area contributed by atoms with Gasteiger partial charge >= 0.3 is 0 Å². The summed E-state index contributed by atoms with van der Waals surface area (Å²) in [6.07, 6.45) is 0. The molecule has 57 heavy (non-hydrogen) atoms. The van der Waals surface area contributed by atoms with Crippen LogP contribution < -0.4 is 0 Å². The first kappa shape index (κ1) is 31.7. The molecular weight excluding hydrogens is 693 g/mol. The van der Waals surface area contributed by atoms with Gasteiger partial charge in [0.15, 0.2) is 5.82 Å². The molecule has 0 aliphatic carbocycles. The Bertz CT molecular complexity index is 3540. The highest BCUT2D eigenvalue weighted by Gasteiger charge is 2.23. The fourth-order valence-corrected chi connectivity index (χ4v) is 9.14. The summed E-state index contributed by atoms with van der Waals surface area (Å²) in [5.41, 5.74) is 8.71. The first-order valence-corrected chi connectivity index (χ1v) is 19.4. The van der Waals surface area contributed by atoms with Gasteiger partial charge in [0.1, 0.15) is 11.2 Å². The summed E-state index contributed by atoms with van der Waals surface area (Å²) in [7, 11) is 0. The smallest absolute Gasteiger partial charge is 0.161 e. The molecule has 3 nitrogen and oxygen atoms in total. The maximum absolute atomic E-state index is 7.11. The summed E-state index contributed by atoms with van der Waals surface area (Å²) >= 11 is 0. The predicted molar refractivity (Wildman–Crippen MR) is 239 cm³/mol. The Labute approximate surface area is 328 Å². The zero-order chi connectivity index (χ0) is 37.5. The van der Waals surface area contributed by atoms with E-state index in [4.69, 9.17) is 14.4 Å². The van der Waals surface area contributed by atoms with Crippen molar-refractivity contribution in [2.75, 3.05) is 0 Å². The Morgan fingerprint density at radius 2 is 0.877 bits per heavy atom. The van der Waals surface area contributed by atoms with Crippen molar-refractivity contribution in [1.29, 1.82) is 0 Å². The topological polar surface area (TPSA) is 38.9 Å². The van der Waals surface area contributed by atoms with E-state index in [0.29, 0.717) is 5.82 Å². The summed E-state index contributed by atoms with van der Waals surface area (Å²) in [5.74, 6) is 0.673. The van der Waals surface area contributed by atoms with Crippen LogP contribution in [0.1, 0.15) is 0 Å². The maximum Gasteiger partial charge on any atom is 0.161 e. The van der Waals surface area contributed by atoms with Crippen molar-refractivity contribution in [1.82, 2.24) is 9.97 Å². The number of hydrogen-bond acceptors (Lipinski definition) is 3. The molecular formula is C54H32N2O. The van der Waals surface area contributed by atoms with E-state index < -0.39 is 0 Å². The first-order valence-electron chi connectivity index (χ1n) is 19.4. The van der Waals surface area contributed by atoms with Crippen LogP contribution in [0.5, 0.6) is 0 Å². The van der Waals surface area contributed by atoms with Crippen LogP contribution in [-0.4, -0.2) is 9.97 Å². The molecule has 0 amide bonds. The number of fused-ring (bicyclic) bond motifs is 12. The molecule has 0 radical (unpaired) electrons. The average molecular weight is 725 g/mol. The van der Waals surface area contributed by atoms with Gasteiger partial charge in [-0.1, -0.05) is 176 Å². The molecule has 0 saturated heterocycles. The monoisotopic (exact) mass is 724 g/mol. The summed E-state index contributed by atoms with van der Waals surface area (Å²) in [6.45, 7) is 0. The summed E-state index contributed by atoms with van der Waals surface area (Å²) in [5, 5.41) is 13.8. The predicted octanol–water partition coefficient (Wildman–Crippen LogP) is 14.8. The molecule has 0 atom stereocenters. The normalized spacial score (nSPS) is 11.9. The second-order valence-electron chi connectivity index (χ2n) is 14.8. The van der Waals surface area contributed by atoms with Gasteiger partial charge in [0.05, 0.1) is 11.4 Å². The van der Waals surface area contributed by atoms with Gasteiger partial charge in [0.25, 0.3) is 0 Å². The number of benzene rings is 10. The SMILES string of the molecule is c1ccc(-c2ccccc2-c2nc(-c3cccc4ccccc34)cc(-c3c4ccccc4cc4oc5c(ccc6c7ccccc7c7ccccc7c65)c34)n2)cc1. The number of rotatable bonds is 4. The van der Waals surface area contributed by atoms with Crippen molar-refractivity contribution in [2.24, 2.45) is 0 Å². The number of hydrogen-bond donors (Lipinski definition) is 0. The van der Waals surface area contributed by atoms with Crippen LogP contribution in [0, 0.1) is 0 Å². The van der Waals surface area contributed by atoms with Crippen LogP contribution in [0.3, 0.4) is 0 Å². The summed E-state index contributed by atoms with van der Waals surface area (Å²) in [4.78, 5) is 11.0. The second kappa shape index (κ2) is 12.5. The molecule has 264 valence electrons. The van der Waals surface area contributed by atoms with Gasteiger partial charge in [-0.3, -0.25) is 0 Å². The molecule has 0 bridgehead atoms. The molecule has 12 rings (SSSR count). The van der Waals surface area contributed by atoms with E-state index in [1.54, 1.807) is 0 Å². The minimum absolute atomic E-state index is 0.673. The molecule has 0 spiro atoms. The van der Waals surface area contributed by atoms with Crippen molar-refractivity contribution in [2.45, 2.75) is 0 Å². The van der Waals surface area contributed by atoms with Crippen molar-refractivity contribution < 1.29 is 4.42 Å². The second-order valence-corrected chi connectivity index (χ2v) is 14.8. The Kier molecular flexibility index (Phi) is 6.93. The largest absolute Gasteiger partial charge is 0.455 e. The van der Waals surface area contributed by atoms with Crippen molar-refractivity contribution in [3.05, 3.63) is 194 Å². The van der Waals surface area contributed by atoms with Crippen LogP contribution in [0.2, 0.25) is 0 Å². The van der Waals surface area contributed by atoms with Gasteiger partial charge in [0, 0.05) is 32.8 Å². The fourth-order valence-electron chi connectivity index (χ4n) is 9.14. The van der Waals surface area contributed by atoms with E-state index in [-0.39, 0.29) is 0 Å². The third-order valence-corrected chi connectivity index (χ3v) is 11.7. The quantitative estimate of drug-likeness (QED) is 0.170. The lowest BCUT2D eigenvalue weighted by Gasteiger charge is -2.15. The van der Waals surface area contributed by atoms with Crippen molar-refractivity contribution in [3.8, 4) is 45.0 Å². The maximum atomic E-state index is 7.11.